The van der Waals surface area contributed by atoms with Crippen LogP contribution in [0.3, 0.4) is 0 Å². The number of aryl methyl sites for hydroxylation is 1. The lowest BCUT2D eigenvalue weighted by Crippen LogP contribution is -2.41. The number of pyridine rings is 1. The summed E-state index contributed by atoms with van der Waals surface area (Å²) in [5.41, 5.74) is 2.07. The highest BCUT2D eigenvalue weighted by Crippen LogP contribution is 2.33. The highest BCUT2D eigenvalue weighted by Gasteiger charge is 2.33. The Morgan fingerprint density at radius 3 is 2.69 bits per heavy atom. The maximum atomic E-state index is 12.6. The third-order valence-corrected chi connectivity index (χ3v) is 4.86. The number of nitrogens with zero attached hydrogens (tertiary/aromatic N) is 2. The van der Waals surface area contributed by atoms with Crippen LogP contribution in [0.4, 0.5) is 24.7 Å². The van der Waals surface area contributed by atoms with Gasteiger partial charge in [0.15, 0.2) is 0 Å². The van der Waals surface area contributed by atoms with Crippen molar-refractivity contribution >= 4 is 30.5 Å². The van der Waals surface area contributed by atoms with E-state index in [1.165, 1.54) is 13.1 Å². The highest BCUT2D eigenvalue weighted by molar-refractivity contribution is 6.61. The second-order valence-electron chi connectivity index (χ2n) is 6.84. The van der Waals surface area contributed by atoms with Gasteiger partial charge in [0.2, 0.25) is 6.41 Å². The fourth-order valence-electron chi connectivity index (χ4n) is 3.12. The Balaban J connectivity index is 0.000000166. The molecule has 2 aliphatic rings. The van der Waals surface area contributed by atoms with Crippen LogP contribution in [0.5, 0.6) is 0 Å². The van der Waals surface area contributed by atoms with Crippen LogP contribution in [0, 0.1) is 6.92 Å². The lowest BCUT2D eigenvalue weighted by atomic mass is 9.73. The minimum atomic E-state index is -4.29. The van der Waals surface area contributed by atoms with Crippen molar-refractivity contribution in [2.75, 3.05) is 29.9 Å². The van der Waals surface area contributed by atoms with E-state index in [4.69, 9.17) is 4.65 Å². The van der Waals surface area contributed by atoms with Crippen LogP contribution in [0.2, 0.25) is 0 Å². The number of aromatic nitrogens is 1. The van der Waals surface area contributed by atoms with E-state index < -0.39 is 18.9 Å². The third kappa shape index (κ3) is 5.07. The van der Waals surface area contributed by atoms with Crippen molar-refractivity contribution in [1.82, 2.24) is 4.98 Å². The highest BCUT2D eigenvalue weighted by atomic mass is 19.4. The molecule has 3 heterocycles. The molecule has 154 valence electrons. The Morgan fingerprint density at radius 2 is 2.07 bits per heavy atom. The first-order valence-electron chi connectivity index (χ1n) is 9.21. The standard InChI is InChI=1S/C10H11F3N2.C9H10BNO3/c1-7-6-14-9(15-3-2-4-15)5-8(7)10(11,12)13;12-6-11-8-2-1-7-3-4-14-10(13)9(7)5-8/h5-6H,2-4H2,1H3;1-2,5-6,13H,3-4H2,(H,11,12). The molecule has 2 aliphatic heterocycles. The number of anilines is 2. The minimum Gasteiger partial charge on any atom is -0.423 e. The van der Waals surface area contributed by atoms with Gasteiger partial charge in [-0.25, -0.2) is 4.98 Å². The maximum absolute atomic E-state index is 12.6. The van der Waals surface area contributed by atoms with E-state index in [0.29, 0.717) is 24.5 Å². The predicted octanol–water partition coefficient (Wildman–Crippen LogP) is 2.13. The number of carbonyl (C=O) groups excluding carboxylic acids is 1. The number of amides is 1. The number of carbonyl (C=O) groups is 1. The fourth-order valence-corrected chi connectivity index (χ4v) is 3.12. The molecule has 6 nitrogen and oxygen atoms in total. The zero-order chi connectivity index (χ0) is 21.0. The summed E-state index contributed by atoms with van der Waals surface area (Å²) in [6.45, 7) is 3.56. The topological polar surface area (TPSA) is 74.7 Å². The van der Waals surface area contributed by atoms with Gasteiger partial charge in [-0.2, -0.15) is 13.2 Å². The second kappa shape index (κ2) is 8.83. The third-order valence-electron chi connectivity index (χ3n) is 4.86. The smallest absolute Gasteiger partial charge is 0.423 e. The predicted molar refractivity (Wildman–Crippen MR) is 104 cm³/mol. The number of alkyl halides is 3. The summed E-state index contributed by atoms with van der Waals surface area (Å²) >= 11 is 0. The zero-order valence-corrected chi connectivity index (χ0v) is 15.9. The van der Waals surface area contributed by atoms with Crippen LogP contribution in [0.15, 0.2) is 30.5 Å². The largest absolute Gasteiger partial charge is 0.491 e. The molecule has 0 unspecified atom stereocenters. The molecule has 0 saturated carbocycles. The Labute approximate surface area is 166 Å². The first-order chi connectivity index (χ1) is 13.8. The summed E-state index contributed by atoms with van der Waals surface area (Å²) in [6.07, 6.45) is -0.564. The van der Waals surface area contributed by atoms with E-state index in [2.05, 4.69) is 10.3 Å². The Hall–Kier alpha value is -2.59. The van der Waals surface area contributed by atoms with Gasteiger partial charge in [-0.1, -0.05) is 6.07 Å². The first-order valence-corrected chi connectivity index (χ1v) is 9.21. The molecule has 0 atom stereocenters. The quantitative estimate of drug-likeness (QED) is 0.603. The molecular weight excluding hydrogens is 386 g/mol. The monoisotopic (exact) mass is 407 g/mol. The van der Waals surface area contributed by atoms with Crippen molar-refractivity contribution in [2.24, 2.45) is 0 Å². The number of halogens is 3. The summed E-state index contributed by atoms with van der Waals surface area (Å²) in [4.78, 5) is 16.1. The van der Waals surface area contributed by atoms with E-state index >= 15 is 0 Å². The van der Waals surface area contributed by atoms with Gasteiger partial charge in [-0.05, 0) is 54.6 Å². The van der Waals surface area contributed by atoms with Crippen molar-refractivity contribution in [3.63, 3.8) is 0 Å². The van der Waals surface area contributed by atoms with Crippen LogP contribution in [0.25, 0.3) is 0 Å². The van der Waals surface area contributed by atoms with E-state index in [-0.39, 0.29) is 5.56 Å². The summed E-state index contributed by atoms with van der Waals surface area (Å²) < 4.78 is 42.8. The SMILES string of the molecule is Cc1cnc(N2CCC2)cc1C(F)(F)F.O=CNc1ccc2c(c1)B(O)OCC2. The molecule has 2 N–H and O–H groups in total. The number of hydrogen-bond donors (Lipinski definition) is 2. The molecule has 0 bridgehead atoms. The molecule has 29 heavy (non-hydrogen) atoms. The molecule has 1 aromatic carbocycles. The number of rotatable bonds is 3. The van der Waals surface area contributed by atoms with Crippen molar-refractivity contribution in [3.05, 3.63) is 47.2 Å². The maximum Gasteiger partial charge on any atom is 0.491 e. The molecular formula is C19H21BF3N3O3. The summed E-state index contributed by atoms with van der Waals surface area (Å²) in [7, 11) is -0.868. The van der Waals surface area contributed by atoms with Gasteiger partial charge in [0.05, 0.1) is 5.56 Å². The van der Waals surface area contributed by atoms with Crippen molar-refractivity contribution < 1.29 is 27.6 Å². The van der Waals surface area contributed by atoms with Gasteiger partial charge < -0.3 is 19.9 Å². The van der Waals surface area contributed by atoms with Crippen LogP contribution in [0.1, 0.15) is 23.1 Å². The lowest BCUT2D eigenvalue weighted by molar-refractivity contribution is -0.138. The molecule has 1 aromatic heterocycles. The zero-order valence-electron chi connectivity index (χ0n) is 15.9. The summed E-state index contributed by atoms with van der Waals surface area (Å²) in [5, 5.41) is 12.0. The van der Waals surface area contributed by atoms with E-state index in [0.717, 1.165) is 43.0 Å². The van der Waals surface area contributed by atoms with Crippen LogP contribution in [-0.2, 0) is 22.0 Å². The molecule has 0 radical (unpaired) electrons. The van der Waals surface area contributed by atoms with Gasteiger partial charge in [0.1, 0.15) is 5.82 Å². The fraction of sp³-hybridized carbons (Fsp3) is 0.368. The average Bonchev–Trinajstić information content (AvgIpc) is 2.62. The van der Waals surface area contributed by atoms with E-state index in [9.17, 15) is 23.0 Å². The molecule has 4 rings (SSSR count). The van der Waals surface area contributed by atoms with Crippen molar-refractivity contribution in [2.45, 2.75) is 25.9 Å². The number of hydrogen-bond acceptors (Lipinski definition) is 5. The molecule has 0 aliphatic carbocycles. The Kier molecular flexibility index (Phi) is 6.44. The van der Waals surface area contributed by atoms with Gasteiger partial charge in [-0.3, -0.25) is 4.79 Å². The summed E-state index contributed by atoms with van der Waals surface area (Å²) in [5.74, 6) is 0.430. The van der Waals surface area contributed by atoms with Gasteiger partial charge in [0.25, 0.3) is 0 Å². The number of nitrogens with one attached hydrogen (secondary N) is 1. The summed E-state index contributed by atoms with van der Waals surface area (Å²) in [6, 6.07) is 6.57. The van der Waals surface area contributed by atoms with Gasteiger partial charge >= 0.3 is 13.3 Å². The van der Waals surface area contributed by atoms with Gasteiger partial charge in [0, 0.05) is 31.6 Å². The van der Waals surface area contributed by atoms with Crippen LogP contribution >= 0.6 is 0 Å². The van der Waals surface area contributed by atoms with Crippen molar-refractivity contribution in [3.8, 4) is 0 Å². The minimum absolute atomic E-state index is 0.173. The molecule has 1 fully saturated rings. The van der Waals surface area contributed by atoms with E-state index in [1.54, 1.807) is 6.07 Å². The normalized spacial score (nSPS) is 15.6. The molecule has 0 spiro atoms. The second-order valence-corrected chi connectivity index (χ2v) is 6.84. The Bertz CT molecular complexity index is 876. The number of fused-ring (bicyclic) bond motifs is 1. The Morgan fingerprint density at radius 1 is 1.31 bits per heavy atom. The van der Waals surface area contributed by atoms with Crippen LogP contribution < -0.4 is 15.7 Å². The van der Waals surface area contributed by atoms with Crippen molar-refractivity contribution in [1.29, 1.82) is 0 Å². The van der Waals surface area contributed by atoms with Gasteiger partial charge in [-0.15, -0.1) is 0 Å². The molecule has 1 saturated heterocycles. The molecule has 1 amide bonds. The average molecular weight is 407 g/mol. The number of benzene rings is 1. The molecule has 10 heteroatoms. The van der Waals surface area contributed by atoms with E-state index in [1.807, 2.05) is 17.0 Å². The van der Waals surface area contributed by atoms with Crippen LogP contribution in [-0.4, -0.2) is 43.2 Å². The first kappa shape index (κ1) is 21.1. The lowest BCUT2D eigenvalue weighted by Gasteiger charge is -2.32. The molecule has 2 aromatic rings.